The van der Waals surface area contributed by atoms with Crippen molar-refractivity contribution < 1.29 is 9.53 Å². The van der Waals surface area contributed by atoms with Gasteiger partial charge in [0.15, 0.2) is 0 Å². The first-order valence-electron chi connectivity index (χ1n) is 8.94. The van der Waals surface area contributed by atoms with Gasteiger partial charge < -0.3 is 9.64 Å². The second kappa shape index (κ2) is 9.09. The number of carbonyl (C=O) groups is 1. The van der Waals surface area contributed by atoms with Crippen molar-refractivity contribution in [1.29, 1.82) is 0 Å². The maximum atomic E-state index is 12.8. The van der Waals surface area contributed by atoms with E-state index in [9.17, 15) is 9.59 Å². The lowest BCUT2D eigenvalue weighted by Gasteiger charge is -2.23. The van der Waals surface area contributed by atoms with E-state index < -0.39 is 0 Å². The predicted octanol–water partition coefficient (Wildman–Crippen LogP) is 2.46. The Labute approximate surface area is 158 Å². The summed E-state index contributed by atoms with van der Waals surface area (Å²) >= 11 is 0. The lowest BCUT2D eigenvalue weighted by molar-refractivity contribution is -0.132. The Morgan fingerprint density at radius 2 is 1.85 bits per heavy atom. The Morgan fingerprint density at radius 1 is 1.11 bits per heavy atom. The van der Waals surface area contributed by atoms with Crippen molar-refractivity contribution in [2.24, 2.45) is 0 Å². The van der Waals surface area contributed by atoms with Gasteiger partial charge in [0.2, 0.25) is 11.3 Å². The molecule has 0 aliphatic heterocycles. The molecular weight excluding hydrogens is 342 g/mol. The van der Waals surface area contributed by atoms with Gasteiger partial charge in [-0.15, -0.1) is 0 Å². The maximum absolute atomic E-state index is 12.8. The molecule has 3 rings (SSSR count). The third-order valence-corrected chi connectivity index (χ3v) is 4.43. The Kier molecular flexibility index (Phi) is 6.33. The van der Waals surface area contributed by atoms with E-state index in [-0.39, 0.29) is 11.3 Å². The first-order valence-corrected chi connectivity index (χ1v) is 8.94. The minimum atomic E-state index is -0.112. The van der Waals surface area contributed by atoms with Gasteiger partial charge in [-0.2, -0.15) is 5.10 Å². The molecule has 6 nitrogen and oxygen atoms in total. The number of rotatable bonds is 8. The van der Waals surface area contributed by atoms with E-state index in [1.54, 1.807) is 22.8 Å². The summed E-state index contributed by atoms with van der Waals surface area (Å²) in [5, 5.41) is 4.80. The van der Waals surface area contributed by atoms with Crippen LogP contribution in [0.5, 0.6) is 0 Å². The molecule has 0 aliphatic carbocycles. The number of hydrogen-bond donors (Lipinski definition) is 0. The van der Waals surface area contributed by atoms with Crippen LogP contribution >= 0.6 is 0 Å². The molecule has 1 amide bonds. The summed E-state index contributed by atoms with van der Waals surface area (Å²) in [6.07, 6.45) is 1.61. The lowest BCUT2D eigenvalue weighted by Crippen LogP contribution is -2.34. The van der Waals surface area contributed by atoms with Gasteiger partial charge in [-0.05, 0) is 17.7 Å². The quantitative estimate of drug-likeness (QED) is 0.615. The number of nitrogens with zero attached hydrogens (tertiary/aromatic N) is 3. The molecule has 0 unspecified atom stereocenters. The number of methoxy groups -OCH3 is 1. The second-order valence-electron chi connectivity index (χ2n) is 6.29. The van der Waals surface area contributed by atoms with Gasteiger partial charge in [-0.1, -0.05) is 42.5 Å². The molecule has 0 aliphatic rings. The van der Waals surface area contributed by atoms with E-state index >= 15 is 0 Å². The molecule has 2 aromatic carbocycles. The summed E-state index contributed by atoms with van der Waals surface area (Å²) in [6.45, 7) is 1.97. The molecule has 1 aromatic heterocycles. The summed E-state index contributed by atoms with van der Waals surface area (Å²) in [6, 6.07) is 17.2. The number of ether oxygens (including phenoxy) is 1. The van der Waals surface area contributed by atoms with Crippen LogP contribution < -0.4 is 5.43 Å². The third kappa shape index (κ3) is 4.80. The number of fused-ring (bicyclic) bond motifs is 1. The van der Waals surface area contributed by atoms with Crippen molar-refractivity contribution in [3.05, 3.63) is 76.6 Å². The first-order chi connectivity index (χ1) is 13.2. The van der Waals surface area contributed by atoms with Crippen LogP contribution in [0.2, 0.25) is 0 Å². The van der Waals surface area contributed by atoms with E-state index in [1.165, 1.54) is 6.20 Å². The zero-order chi connectivity index (χ0) is 19.1. The zero-order valence-corrected chi connectivity index (χ0v) is 15.4. The second-order valence-corrected chi connectivity index (χ2v) is 6.29. The molecule has 0 atom stereocenters. The largest absolute Gasteiger partial charge is 0.383 e. The van der Waals surface area contributed by atoms with E-state index in [2.05, 4.69) is 5.10 Å². The number of aryl methyl sites for hydroxylation is 1. The van der Waals surface area contributed by atoms with Crippen LogP contribution in [0.15, 0.2) is 65.6 Å². The Bertz CT molecular complexity index is 954. The monoisotopic (exact) mass is 365 g/mol. The number of hydrogen-bond acceptors (Lipinski definition) is 4. The van der Waals surface area contributed by atoms with Crippen molar-refractivity contribution in [1.82, 2.24) is 14.7 Å². The fraction of sp³-hybridized carbons (Fsp3) is 0.286. The van der Waals surface area contributed by atoms with Crippen molar-refractivity contribution in [3.8, 4) is 0 Å². The van der Waals surface area contributed by atoms with Gasteiger partial charge >= 0.3 is 0 Å². The molecule has 0 fully saturated rings. The normalized spacial score (nSPS) is 10.9. The Hall–Kier alpha value is -2.99. The SMILES string of the molecule is COCCN(Cc1ccccc1)C(=O)CCn1ncc(=O)c2ccccc21. The molecular formula is C21H23N3O3. The topological polar surface area (TPSA) is 64.4 Å². The molecule has 0 bridgehead atoms. The average molecular weight is 365 g/mol. The fourth-order valence-electron chi connectivity index (χ4n) is 3.00. The van der Waals surface area contributed by atoms with Crippen molar-refractivity contribution in [3.63, 3.8) is 0 Å². The highest BCUT2D eigenvalue weighted by Gasteiger charge is 2.14. The molecule has 140 valence electrons. The van der Waals surface area contributed by atoms with E-state index in [4.69, 9.17) is 4.74 Å². The highest BCUT2D eigenvalue weighted by Crippen LogP contribution is 2.10. The molecule has 6 heteroatoms. The van der Waals surface area contributed by atoms with Crippen LogP contribution in [0.25, 0.3) is 10.9 Å². The number of aromatic nitrogens is 2. The van der Waals surface area contributed by atoms with Gasteiger partial charge in [-0.3, -0.25) is 14.3 Å². The predicted molar refractivity (Wildman–Crippen MR) is 104 cm³/mol. The minimum absolute atomic E-state index is 0.0282. The summed E-state index contributed by atoms with van der Waals surface area (Å²) < 4.78 is 6.86. The molecule has 27 heavy (non-hydrogen) atoms. The summed E-state index contributed by atoms with van der Waals surface area (Å²) in [5.41, 5.74) is 1.71. The molecule has 0 N–H and O–H groups in total. The molecule has 0 spiro atoms. The summed E-state index contributed by atoms with van der Waals surface area (Å²) in [7, 11) is 1.63. The lowest BCUT2D eigenvalue weighted by atomic mass is 10.2. The van der Waals surface area contributed by atoms with Crippen molar-refractivity contribution in [2.75, 3.05) is 20.3 Å². The molecule has 0 saturated heterocycles. The van der Waals surface area contributed by atoms with Crippen LogP contribution in [0.1, 0.15) is 12.0 Å². The minimum Gasteiger partial charge on any atom is -0.383 e. The van der Waals surface area contributed by atoms with Crippen molar-refractivity contribution >= 4 is 16.8 Å². The van der Waals surface area contributed by atoms with Gasteiger partial charge in [0.1, 0.15) is 0 Å². The highest BCUT2D eigenvalue weighted by molar-refractivity contribution is 5.79. The Morgan fingerprint density at radius 3 is 2.63 bits per heavy atom. The Balaban J connectivity index is 1.72. The van der Waals surface area contributed by atoms with Gasteiger partial charge in [-0.25, -0.2) is 0 Å². The van der Waals surface area contributed by atoms with Crippen LogP contribution in [-0.4, -0.2) is 40.8 Å². The maximum Gasteiger partial charge on any atom is 0.224 e. The van der Waals surface area contributed by atoms with E-state index in [0.29, 0.717) is 38.0 Å². The average Bonchev–Trinajstić information content (AvgIpc) is 2.71. The van der Waals surface area contributed by atoms with Crippen LogP contribution in [0, 0.1) is 0 Å². The van der Waals surface area contributed by atoms with Gasteiger partial charge in [0.25, 0.3) is 0 Å². The summed E-state index contributed by atoms with van der Waals surface area (Å²) in [5.74, 6) is 0.0282. The van der Waals surface area contributed by atoms with E-state index in [0.717, 1.165) is 11.1 Å². The zero-order valence-electron chi connectivity index (χ0n) is 15.4. The highest BCUT2D eigenvalue weighted by atomic mass is 16.5. The smallest absolute Gasteiger partial charge is 0.224 e. The number of carbonyl (C=O) groups excluding carboxylic acids is 1. The van der Waals surface area contributed by atoms with Crippen LogP contribution in [0.3, 0.4) is 0 Å². The third-order valence-electron chi connectivity index (χ3n) is 4.43. The molecule has 0 radical (unpaired) electrons. The number of benzene rings is 2. The molecule has 0 saturated carbocycles. The van der Waals surface area contributed by atoms with Crippen LogP contribution in [0.4, 0.5) is 0 Å². The summed E-state index contributed by atoms with van der Waals surface area (Å²) in [4.78, 5) is 26.5. The van der Waals surface area contributed by atoms with Gasteiger partial charge in [0.05, 0.1) is 24.9 Å². The standard InChI is InChI=1S/C21H23N3O3/c1-27-14-13-23(16-17-7-3-2-4-8-17)21(26)11-12-24-19-10-6-5-9-18(19)20(25)15-22-24/h2-10,15H,11-14,16H2,1H3. The van der Waals surface area contributed by atoms with Crippen LogP contribution in [-0.2, 0) is 22.6 Å². The first kappa shape index (κ1) is 18.8. The number of amides is 1. The van der Waals surface area contributed by atoms with Gasteiger partial charge in [0, 0.05) is 32.0 Å². The van der Waals surface area contributed by atoms with E-state index in [1.807, 2.05) is 48.5 Å². The fourth-order valence-corrected chi connectivity index (χ4v) is 3.00. The molecule has 1 heterocycles. The molecule has 3 aromatic rings. The number of para-hydroxylation sites is 1. The van der Waals surface area contributed by atoms with Crippen molar-refractivity contribution in [2.45, 2.75) is 19.5 Å².